The Morgan fingerprint density at radius 2 is 1.62 bits per heavy atom. The number of Topliss-reactive ketones (excluding diaryl/α,β-unsaturated/α-hetero) is 1. The summed E-state index contributed by atoms with van der Waals surface area (Å²) in [7, 11) is 3.83. The van der Waals surface area contributed by atoms with E-state index in [1.54, 1.807) is 29.2 Å². The van der Waals surface area contributed by atoms with E-state index in [4.69, 9.17) is 9.47 Å². The lowest BCUT2D eigenvalue weighted by molar-refractivity contribution is -0.140. The van der Waals surface area contributed by atoms with Crippen molar-refractivity contribution in [3.63, 3.8) is 0 Å². The number of nitrogens with zero attached hydrogens (tertiary/aromatic N) is 2. The number of amides is 1. The fraction of sp³-hybridized carbons (Fsp3) is 0.333. The molecule has 40 heavy (non-hydrogen) atoms. The standard InChI is InChI=1S/C33H38N2O5/c1-5-6-20-39-27-14-10-25(11-15-27)30-29(32(37)33(38)35(30)19-18-34(3)4)31(36)26-12-16-28(17-13-26)40-22-24-9-7-8-23(2)21-24/h7-17,21,30,36H,5-6,18-20,22H2,1-4H3. The summed E-state index contributed by atoms with van der Waals surface area (Å²) in [6, 6.07) is 21.7. The van der Waals surface area contributed by atoms with Gasteiger partial charge in [-0.15, -0.1) is 0 Å². The fourth-order valence-corrected chi connectivity index (χ4v) is 4.68. The molecular weight excluding hydrogens is 504 g/mol. The van der Waals surface area contributed by atoms with Gasteiger partial charge in [0.15, 0.2) is 0 Å². The van der Waals surface area contributed by atoms with E-state index < -0.39 is 17.7 Å². The number of benzene rings is 3. The van der Waals surface area contributed by atoms with Crippen LogP contribution in [0.4, 0.5) is 0 Å². The third kappa shape index (κ3) is 6.90. The molecule has 3 aromatic rings. The molecule has 3 aromatic carbocycles. The number of ether oxygens (including phenoxy) is 2. The number of unbranched alkanes of at least 4 members (excludes halogenated alkanes) is 1. The summed E-state index contributed by atoms with van der Waals surface area (Å²) in [5.74, 6) is -0.147. The van der Waals surface area contributed by atoms with Crippen molar-refractivity contribution in [3.8, 4) is 11.5 Å². The van der Waals surface area contributed by atoms with Crippen molar-refractivity contribution < 1.29 is 24.2 Å². The Morgan fingerprint density at radius 1 is 0.950 bits per heavy atom. The van der Waals surface area contributed by atoms with Gasteiger partial charge in [-0.25, -0.2) is 0 Å². The number of hydrogen-bond acceptors (Lipinski definition) is 6. The van der Waals surface area contributed by atoms with Crippen LogP contribution in [0.3, 0.4) is 0 Å². The van der Waals surface area contributed by atoms with E-state index >= 15 is 0 Å². The molecule has 4 rings (SSSR count). The molecule has 1 amide bonds. The Morgan fingerprint density at radius 3 is 2.27 bits per heavy atom. The molecule has 210 valence electrons. The highest BCUT2D eigenvalue weighted by atomic mass is 16.5. The molecule has 0 aromatic heterocycles. The Bertz CT molecular complexity index is 1350. The predicted molar refractivity (Wildman–Crippen MR) is 156 cm³/mol. The highest BCUT2D eigenvalue weighted by molar-refractivity contribution is 6.46. The van der Waals surface area contributed by atoms with Crippen molar-refractivity contribution in [2.45, 2.75) is 39.3 Å². The fourth-order valence-electron chi connectivity index (χ4n) is 4.68. The predicted octanol–water partition coefficient (Wildman–Crippen LogP) is 5.74. The first-order chi connectivity index (χ1) is 19.3. The van der Waals surface area contributed by atoms with Gasteiger partial charge in [0, 0.05) is 18.7 Å². The van der Waals surface area contributed by atoms with Crippen LogP contribution in [-0.2, 0) is 16.2 Å². The molecule has 1 heterocycles. The number of carbonyl (C=O) groups excluding carboxylic acids is 2. The van der Waals surface area contributed by atoms with Crippen molar-refractivity contribution in [1.82, 2.24) is 9.80 Å². The highest BCUT2D eigenvalue weighted by Crippen LogP contribution is 2.40. The van der Waals surface area contributed by atoms with Gasteiger partial charge in [-0.05, 0) is 75.0 Å². The SMILES string of the molecule is CCCCOc1ccc(C2C(=C(O)c3ccc(OCc4cccc(C)c4)cc3)C(=O)C(=O)N2CCN(C)C)cc1. The molecule has 1 saturated heterocycles. The van der Waals surface area contributed by atoms with E-state index in [0.717, 1.165) is 35.3 Å². The normalized spacial score (nSPS) is 16.5. The molecule has 1 fully saturated rings. The zero-order valence-corrected chi connectivity index (χ0v) is 23.7. The van der Waals surface area contributed by atoms with Crippen LogP contribution in [0.15, 0.2) is 78.4 Å². The van der Waals surface area contributed by atoms with Gasteiger partial charge in [-0.3, -0.25) is 9.59 Å². The van der Waals surface area contributed by atoms with Gasteiger partial charge in [0.05, 0.1) is 18.2 Å². The van der Waals surface area contributed by atoms with Crippen molar-refractivity contribution in [3.05, 3.63) is 101 Å². The summed E-state index contributed by atoms with van der Waals surface area (Å²) in [4.78, 5) is 29.9. The van der Waals surface area contributed by atoms with Gasteiger partial charge in [-0.2, -0.15) is 0 Å². The summed E-state index contributed by atoms with van der Waals surface area (Å²) in [5.41, 5.74) is 3.48. The minimum atomic E-state index is -0.707. The average molecular weight is 543 g/mol. The van der Waals surface area contributed by atoms with Crippen LogP contribution in [0.1, 0.15) is 48.1 Å². The molecule has 0 aliphatic carbocycles. The quantitative estimate of drug-likeness (QED) is 0.136. The molecular formula is C33H38N2O5. The third-order valence-electron chi connectivity index (χ3n) is 6.91. The number of hydrogen-bond donors (Lipinski definition) is 1. The van der Waals surface area contributed by atoms with Crippen LogP contribution in [0.25, 0.3) is 5.76 Å². The Hall–Kier alpha value is -4.10. The van der Waals surface area contributed by atoms with E-state index in [1.165, 1.54) is 0 Å². The molecule has 1 aliphatic rings. The molecule has 0 spiro atoms. The molecule has 0 bridgehead atoms. The van der Waals surface area contributed by atoms with Crippen molar-refractivity contribution in [1.29, 1.82) is 0 Å². The van der Waals surface area contributed by atoms with Gasteiger partial charge >= 0.3 is 0 Å². The summed E-state index contributed by atoms with van der Waals surface area (Å²) in [6.07, 6.45) is 2.00. The van der Waals surface area contributed by atoms with Crippen molar-refractivity contribution >= 4 is 17.4 Å². The monoisotopic (exact) mass is 542 g/mol. The molecule has 7 heteroatoms. The zero-order valence-electron chi connectivity index (χ0n) is 23.7. The minimum absolute atomic E-state index is 0.0804. The Balaban J connectivity index is 1.61. The van der Waals surface area contributed by atoms with Crippen LogP contribution >= 0.6 is 0 Å². The lowest BCUT2D eigenvalue weighted by Gasteiger charge is -2.26. The number of likely N-dealkylation sites (tertiary alicyclic amines) is 1. The van der Waals surface area contributed by atoms with Crippen LogP contribution in [0, 0.1) is 6.92 Å². The largest absolute Gasteiger partial charge is 0.507 e. The van der Waals surface area contributed by atoms with Crippen molar-refractivity contribution in [2.75, 3.05) is 33.8 Å². The van der Waals surface area contributed by atoms with E-state index in [9.17, 15) is 14.7 Å². The van der Waals surface area contributed by atoms with E-state index in [2.05, 4.69) is 13.0 Å². The number of ketones is 1. The van der Waals surface area contributed by atoms with Gasteiger partial charge < -0.3 is 24.4 Å². The maximum absolute atomic E-state index is 13.3. The second-order valence-electron chi connectivity index (χ2n) is 10.4. The second-order valence-corrected chi connectivity index (χ2v) is 10.4. The number of aliphatic hydroxyl groups excluding tert-OH is 1. The highest BCUT2D eigenvalue weighted by Gasteiger charge is 2.45. The van der Waals surface area contributed by atoms with Crippen LogP contribution in [-0.4, -0.2) is 60.4 Å². The van der Waals surface area contributed by atoms with E-state index in [-0.39, 0.29) is 11.3 Å². The number of aliphatic hydroxyl groups is 1. The molecule has 1 unspecified atom stereocenters. The maximum Gasteiger partial charge on any atom is 0.295 e. The first-order valence-corrected chi connectivity index (χ1v) is 13.7. The number of carbonyl (C=O) groups is 2. The van der Waals surface area contributed by atoms with Gasteiger partial charge in [-0.1, -0.05) is 55.3 Å². The lowest BCUT2D eigenvalue weighted by atomic mass is 9.95. The van der Waals surface area contributed by atoms with Crippen molar-refractivity contribution in [2.24, 2.45) is 0 Å². The first kappa shape index (κ1) is 28.9. The van der Waals surface area contributed by atoms with Gasteiger partial charge in [0.25, 0.3) is 11.7 Å². The molecule has 1 aliphatic heterocycles. The summed E-state index contributed by atoms with van der Waals surface area (Å²) in [6.45, 7) is 6.11. The summed E-state index contributed by atoms with van der Waals surface area (Å²) < 4.78 is 11.7. The molecule has 1 atom stereocenters. The Kier molecular flexibility index (Phi) is 9.61. The lowest BCUT2D eigenvalue weighted by Crippen LogP contribution is -2.35. The molecule has 0 saturated carbocycles. The number of rotatable bonds is 12. The third-order valence-corrected chi connectivity index (χ3v) is 6.91. The summed E-state index contributed by atoms with van der Waals surface area (Å²) in [5, 5.41) is 11.4. The zero-order chi connectivity index (χ0) is 28.6. The van der Waals surface area contributed by atoms with Crippen LogP contribution < -0.4 is 9.47 Å². The second kappa shape index (κ2) is 13.3. The Labute approximate surface area is 236 Å². The minimum Gasteiger partial charge on any atom is -0.507 e. The smallest absolute Gasteiger partial charge is 0.295 e. The average Bonchev–Trinajstić information content (AvgIpc) is 3.20. The maximum atomic E-state index is 13.3. The number of aryl methyl sites for hydroxylation is 1. The van der Waals surface area contributed by atoms with Crippen LogP contribution in [0.5, 0.6) is 11.5 Å². The van der Waals surface area contributed by atoms with Crippen LogP contribution in [0.2, 0.25) is 0 Å². The molecule has 1 N–H and O–H groups in total. The van der Waals surface area contributed by atoms with E-state index in [0.29, 0.717) is 37.6 Å². The summed E-state index contributed by atoms with van der Waals surface area (Å²) >= 11 is 0. The topological polar surface area (TPSA) is 79.3 Å². The number of likely N-dealkylation sites (N-methyl/N-ethyl adjacent to an activating group) is 1. The molecule has 7 nitrogen and oxygen atoms in total. The molecule has 0 radical (unpaired) electrons. The first-order valence-electron chi connectivity index (χ1n) is 13.7. The van der Waals surface area contributed by atoms with Gasteiger partial charge in [0.2, 0.25) is 0 Å². The van der Waals surface area contributed by atoms with E-state index in [1.807, 2.05) is 68.4 Å². The van der Waals surface area contributed by atoms with Gasteiger partial charge in [0.1, 0.15) is 23.9 Å².